The third-order valence-electron chi connectivity index (χ3n) is 3.31. The number of hydrogen-bond donors (Lipinski definition) is 1. The monoisotopic (exact) mass is 459 g/mol. The van der Waals surface area contributed by atoms with Gasteiger partial charge in [-0.05, 0) is 45.6 Å². The Morgan fingerprint density at radius 3 is 2.77 bits per heavy atom. The van der Waals surface area contributed by atoms with Crippen LogP contribution in [0.5, 0.6) is 11.5 Å². The summed E-state index contributed by atoms with van der Waals surface area (Å²) in [7, 11) is 1.44. The molecule has 0 radical (unpaired) electrons. The summed E-state index contributed by atoms with van der Waals surface area (Å²) < 4.78 is 10.9. The van der Waals surface area contributed by atoms with Gasteiger partial charge in [-0.15, -0.1) is 0 Å². The smallest absolute Gasteiger partial charge is 0.326 e. The van der Waals surface area contributed by atoms with Gasteiger partial charge >= 0.3 is 5.97 Å². The van der Waals surface area contributed by atoms with Crippen molar-refractivity contribution in [3.8, 4) is 11.5 Å². The molecule has 1 fully saturated rings. The van der Waals surface area contributed by atoms with Crippen molar-refractivity contribution in [1.82, 2.24) is 4.90 Å². The Labute approximate surface area is 169 Å². The lowest BCUT2D eigenvalue weighted by Gasteiger charge is -2.14. The maximum Gasteiger partial charge on any atom is 0.326 e. The summed E-state index contributed by atoms with van der Waals surface area (Å²) in [6, 6.07) is 3.25. The van der Waals surface area contributed by atoms with Crippen molar-refractivity contribution in [1.29, 1.82) is 0 Å². The Hall–Kier alpha value is -1.58. The number of phenols is 1. The summed E-state index contributed by atoms with van der Waals surface area (Å²) in [5.41, 5.74) is 0.648. The summed E-state index contributed by atoms with van der Waals surface area (Å²) in [6.07, 6.45) is 1.63. The highest BCUT2D eigenvalue weighted by atomic mass is 79.9. The van der Waals surface area contributed by atoms with E-state index in [1.54, 1.807) is 18.2 Å². The normalized spacial score (nSPS) is 15.9. The van der Waals surface area contributed by atoms with E-state index in [0.717, 1.165) is 11.8 Å². The highest BCUT2D eigenvalue weighted by Crippen LogP contribution is 2.38. The SMILES string of the molecule is COc1cc(/C=C2\SC(=S)N(CC(=O)OCC(C)C)C2=O)cc(Br)c1O. The Balaban J connectivity index is 2.16. The number of esters is 1. The molecule has 26 heavy (non-hydrogen) atoms. The summed E-state index contributed by atoms with van der Waals surface area (Å²) in [5.74, 6) is -0.383. The Morgan fingerprint density at radius 1 is 1.46 bits per heavy atom. The number of carbonyl (C=O) groups excluding carboxylic acids is 2. The van der Waals surface area contributed by atoms with Gasteiger partial charge in [-0.2, -0.15) is 0 Å². The number of halogens is 1. The van der Waals surface area contributed by atoms with E-state index >= 15 is 0 Å². The van der Waals surface area contributed by atoms with Crippen molar-refractivity contribution in [3.05, 3.63) is 27.1 Å². The fourth-order valence-corrected chi connectivity index (χ4v) is 3.77. The largest absolute Gasteiger partial charge is 0.503 e. The maximum atomic E-state index is 12.5. The number of nitrogens with zero attached hydrogens (tertiary/aromatic N) is 1. The zero-order valence-electron chi connectivity index (χ0n) is 14.4. The molecule has 1 amide bonds. The standard InChI is InChI=1S/C17H18BrNO5S2/c1-9(2)8-24-14(20)7-19-16(22)13(26-17(19)25)6-10-4-11(18)15(21)12(5-10)23-3/h4-6,9,21H,7-8H2,1-3H3/b13-6-. The van der Waals surface area contributed by atoms with E-state index in [-0.39, 0.29) is 29.9 Å². The molecule has 140 valence electrons. The minimum Gasteiger partial charge on any atom is -0.503 e. The van der Waals surface area contributed by atoms with Crippen molar-refractivity contribution in [2.75, 3.05) is 20.3 Å². The van der Waals surface area contributed by atoms with E-state index in [9.17, 15) is 14.7 Å². The molecule has 6 nitrogen and oxygen atoms in total. The second-order valence-corrected chi connectivity index (χ2v) is 8.43. The predicted molar refractivity (Wildman–Crippen MR) is 108 cm³/mol. The van der Waals surface area contributed by atoms with Crippen LogP contribution >= 0.6 is 39.9 Å². The molecule has 1 aliphatic heterocycles. The molecule has 1 aromatic rings. The third kappa shape index (κ3) is 4.99. The van der Waals surface area contributed by atoms with Gasteiger partial charge in [0.25, 0.3) is 5.91 Å². The second kappa shape index (κ2) is 8.88. The van der Waals surface area contributed by atoms with Crippen molar-refractivity contribution in [2.24, 2.45) is 5.92 Å². The number of rotatable bonds is 6. The van der Waals surface area contributed by atoms with E-state index in [1.165, 1.54) is 12.0 Å². The van der Waals surface area contributed by atoms with Crippen LogP contribution in [0, 0.1) is 5.92 Å². The Kier molecular flexibility index (Phi) is 7.08. The van der Waals surface area contributed by atoms with Gasteiger partial charge < -0.3 is 14.6 Å². The molecule has 0 bridgehead atoms. The molecule has 0 atom stereocenters. The van der Waals surface area contributed by atoms with Crippen LogP contribution in [-0.4, -0.2) is 46.5 Å². The number of ether oxygens (including phenoxy) is 2. The van der Waals surface area contributed by atoms with Crippen LogP contribution in [0.1, 0.15) is 19.4 Å². The molecule has 1 aromatic carbocycles. The summed E-state index contributed by atoms with van der Waals surface area (Å²) in [6.45, 7) is 3.95. The molecular weight excluding hydrogens is 442 g/mol. The summed E-state index contributed by atoms with van der Waals surface area (Å²) >= 11 is 9.55. The molecule has 9 heteroatoms. The van der Waals surface area contributed by atoms with E-state index in [0.29, 0.717) is 25.9 Å². The minimum absolute atomic E-state index is 0.0231. The molecule has 1 aliphatic rings. The molecule has 0 spiro atoms. The number of hydrogen-bond acceptors (Lipinski definition) is 7. The maximum absolute atomic E-state index is 12.5. The van der Waals surface area contributed by atoms with Gasteiger partial charge in [-0.3, -0.25) is 14.5 Å². The topological polar surface area (TPSA) is 76.1 Å². The predicted octanol–water partition coefficient (Wildman–Crippen LogP) is 3.56. The number of methoxy groups -OCH3 is 1. The zero-order valence-corrected chi connectivity index (χ0v) is 17.7. The lowest BCUT2D eigenvalue weighted by molar-refractivity contribution is -0.147. The average molecular weight is 460 g/mol. The highest BCUT2D eigenvalue weighted by molar-refractivity contribution is 9.10. The Bertz CT molecular complexity index is 779. The van der Waals surface area contributed by atoms with Crippen molar-refractivity contribution < 1.29 is 24.2 Å². The number of thiocarbonyl (C=S) groups is 1. The fraction of sp³-hybridized carbons (Fsp3) is 0.353. The minimum atomic E-state index is -0.495. The number of amides is 1. The first-order chi connectivity index (χ1) is 12.2. The second-order valence-electron chi connectivity index (χ2n) is 5.90. The third-order valence-corrected chi connectivity index (χ3v) is 5.29. The van der Waals surface area contributed by atoms with Gasteiger partial charge in [-0.1, -0.05) is 37.8 Å². The molecule has 0 unspecified atom stereocenters. The lowest BCUT2D eigenvalue weighted by Crippen LogP contribution is -2.34. The summed E-state index contributed by atoms with van der Waals surface area (Å²) in [5, 5.41) is 9.86. The molecule has 1 saturated heterocycles. The first-order valence-electron chi connectivity index (χ1n) is 7.70. The van der Waals surface area contributed by atoms with Gasteiger partial charge in [-0.25, -0.2) is 0 Å². The van der Waals surface area contributed by atoms with Crippen LogP contribution in [0.4, 0.5) is 0 Å². The zero-order chi connectivity index (χ0) is 19.4. The number of phenolic OH excluding ortho intramolecular Hbond substituents is 1. The van der Waals surface area contributed by atoms with Gasteiger partial charge in [0.05, 0.1) is 23.1 Å². The number of thioether (sulfide) groups is 1. The van der Waals surface area contributed by atoms with Crippen molar-refractivity contribution in [3.63, 3.8) is 0 Å². The van der Waals surface area contributed by atoms with Crippen molar-refractivity contribution >= 4 is 62.2 Å². The Morgan fingerprint density at radius 2 is 2.15 bits per heavy atom. The van der Waals surface area contributed by atoms with E-state index in [1.807, 2.05) is 13.8 Å². The molecule has 2 rings (SSSR count). The quantitative estimate of drug-likeness (QED) is 0.395. The number of carbonyl (C=O) groups is 2. The first-order valence-corrected chi connectivity index (χ1v) is 9.72. The van der Waals surface area contributed by atoms with Crippen LogP contribution in [0.15, 0.2) is 21.5 Å². The van der Waals surface area contributed by atoms with Gasteiger partial charge in [0.15, 0.2) is 11.5 Å². The van der Waals surface area contributed by atoms with Gasteiger partial charge in [0.1, 0.15) is 10.9 Å². The molecule has 1 N–H and O–H groups in total. The van der Waals surface area contributed by atoms with Crippen LogP contribution < -0.4 is 4.74 Å². The van der Waals surface area contributed by atoms with Crippen LogP contribution in [-0.2, 0) is 14.3 Å². The molecule has 0 saturated carbocycles. The molecule has 0 aromatic heterocycles. The highest BCUT2D eigenvalue weighted by Gasteiger charge is 2.33. The van der Waals surface area contributed by atoms with E-state index in [2.05, 4.69) is 15.9 Å². The van der Waals surface area contributed by atoms with E-state index < -0.39 is 5.97 Å². The van der Waals surface area contributed by atoms with E-state index in [4.69, 9.17) is 21.7 Å². The number of benzene rings is 1. The lowest BCUT2D eigenvalue weighted by atomic mass is 10.2. The van der Waals surface area contributed by atoms with Gasteiger partial charge in [0, 0.05) is 0 Å². The van der Waals surface area contributed by atoms with Gasteiger partial charge in [0.2, 0.25) is 0 Å². The van der Waals surface area contributed by atoms with Crippen LogP contribution in [0.3, 0.4) is 0 Å². The molecular formula is C17H18BrNO5S2. The average Bonchev–Trinajstić information content (AvgIpc) is 2.83. The van der Waals surface area contributed by atoms with Crippen LogP contribution in [0.25, 0.3) is 6.08 Å². The summed E-state index contributed by atoms with van der Waals surface area (Å²) in [4.78, 5) is 26.0. The molecule has 1 heterocycles. The van der Waals surface area contributed by atoms with Crippen molar-refractivity contribution in [2.45, 2.75) is 13.8 Å². The number of aromatic hydroxyl groups is 1. The fourth-order valence-electron chi connectivity index (χ4n) is 2.05. The molecule has 0 aliphatic carbocycles. The first kappa shape index (κ1) is 20.7. The van der Waals surface area contributed by atoms with Crippen LogP contribution in [0.2, 0.25) is 0 Å².